The first kappa shape index (κ1) is 14.9. The van der Waals surface area contributed by atoms with Crippen molar-refractivity contribution in [1.82, 2.24) is 4.90 Å². The first-order valence-corrected chi connectivity index (χ1v) is 7.08. The van der Waals surface area contributed by atoms with Crippen LogP contribution in [0.3, 0.4) is 0 Å². The molecule has 0 radical (unpaired) electrons. The molecule has 0 bridgehead atoms. The molecule has 0 unspecified atom stereocenters. The number of piperidine rings is 1. The van der Waals surface area contributed by atoms with Gasteiger partial charge in [0.1, 0.15) is 5.75 Å². The average Bonchev–Trinajstić information content (AvgIpc) is 2.37. The number of ether oxygens (including phenoxy) is 1. The molecule has 0 aliphatic carbocycles. The predicted molar refractivity (Wildman–Crippen MR) is 77.8 cm³/mol. The van der Waals surface area contributed by atoms with Crippen LogP contribution < -0.4 is 4.74 Å². The summed E-state index contributed by atoms with van der Waals surface area (Å²) in [6.45, 7) is 7.04. The van der Waals surface area contributed by atoms with E-state index in [4.69, 9.17) is 4.74 Å². The quantitative estimate of drug-likeness (QED) is 0.920. The molecule has 1 aliphatic heterocycles. The van der Waals surface area contributed by atoms with Gasteiger partial charge in [-0.3, -0.25) is 4.79 Å². The normalized spacial score (nSPS) is 17.9. The van der Waals surface area contributed by atoms with Gasteiger partial charge in [-0.25, -0.2) is 0 Å². The van der Waals surface area contributed by atoms with Crippen LogP contribution in [0.15, 0.2) is 18.2 Å². The zero-order valence-electron chi connectivity index (χ0n) is 12.5. The van der Waals surface area contributed by atoms with Crippen molar-refractivity contribution in [2.45, 2.75) is 39.2 Å². The highest BCUT2D eigenvalue weighted by molar-refractivity contribution is 5.78. The van der Waals surface area contributed by atoms with E-state index in [2.05, 4.69) is 0 Å². The SMILES string of the molecule is Cc1cccc(C)c1OCC(=O)N1CCC(C)(O)CC1. The van der Waals surface area contributed by atoms with Crippen molar-refractivity contribution < 1.29 is 14.6 Å². The second kappa shape index (κ2) is 5.83. The number of nitrogens with zero attached hydrogens (tertiary/aromatic N) is 1. The Labute approximate surface area is 120 Å². The summed E-state index contributed by atoms with van der Waals surface area (Å²) in [4.78, 5) is 13.9. The molecule has 0 saturated carbocycles. The summed E-state index contributed by atoms with van der Waals surface area (Å²) in [5, 5.41) is 9.89. The van der Waals surface area contributed by atoms with E-state index in [1.165, 1.54) is 0 Å². The molecule has 1 fully saturated rings. The number of hydrogen-bond acceptors (Lipinski definition) is 3. The first-order valence-electron chi connectivity index (χ1n) is 7.08. The average molecular weight is 277 g/mol. The van der Waals surface area contributed by atoms with E-state index in [-0.39, 0.29) is 12.5 Å². The Morgan fingerprint density at radius 3 is 2.40 bits per heavy atom. The van der Waals surface area contributed by atoms with Gasteiger partial charge in [0, 0.05) is 13.1 Å². The number of rotatable bonds is 3. The fraction of sp³-hybridized carbons (Fsp3) is 0.562. The van der Waals surface area contributed by atoms with E-state index in [1.807, 2.05) is 39.0 Å². The third-order valence-electron chi connectivity index (χ3n) is 3.94. The fourth-order valence-corrected chi connectivity index (χ4v) is 2.49. The summed E-state index contributed by atoms with van der Waals surface area (Å²) in [7, 11) is 0. The number of carbonyl (C=O) groups is 1. The van der Waals surface area contributed by atoms with Crippen molar-refractivity contribution >= 4 is 5.91 Å². The third-order valence-corrected chi connectivity index (χ3v) is 3.94. The minimum Gasteiger partial charge on any atom is -0.483 e. The lowest BCUT2D eigenvalue weighted by Crippen LogP contribution is -2.46. The van der Waals surface area contributed by atoms with Crippen LogP contribution in [0.25, 0.3) is 0 Å². The summed E-state index contributed by atoms with van der Waals surface area (Å²) < 4.78 is 5.68. The third kappa shape index (κ3) is 3.51. The molecule has 4 nitrogen and oxygen atoms in total. The Kier molecular flexibility index (Phi) is 4.33. The van der Waals surface area contributed by atoms with Crippen LogP contribution in [0.1, 0.15) is 30.9 Å². The maximum Gasteiger partial charge on any atom is 0.260 e. The van der Waals surface area contributed by atoms with Gasteiger partial charge in [-0.15, -0.1) is 0 Å². The van der Waals surface area contributed by atoms with Gasteiger partial charge < -0.3 is 14.7 Å². The van der Waals surface area contributed by atoms with E-state index in [9.17, 15) is 9.90 Å². The number of amides is 1. The van der Waals surface area contributed by atoms with Crippen LogP contribution in [0.5, 0.6) is 5.75 Å². The number of para-hydroxylation sites is 1. The summed E-state index contributed by atoms with van der Waals surface area (Å²) >= 11 is 0. The second-order valence-corrected chi connectivity index (χ2v) is 5.89. The highest BCUT2D eigenvalue weighted by Gasteiger charge is 2.29. The number of benzene rings is 1. The molecule has 1 aromatic rings. The Morgan fingerprint density at radius 2 is 1.85 bits per heavy atom. The van der Waals surface area contributed by atoms with Crippen molar-refractivity contribution in [2.75, 3.05) is 19.7 Å². The molecular weight excluding hydrogens is 254 g/mol. The van der Waals surface area contributed by atoms with Crippen LogP contribution in [-0.4, -0.2) is 41.2 Å². The number of aliphatic hydroxyl groups is 1. The molecule has 1 N–H and O–H groups in total. The van der Waals surface area contributed by atoms with E-state index < -0.39 is 5.60 Å². The molecule has 4 heteroatoms. The molecule has 2 rings (SSSR count). The van der Waals surface area contributed by atoms with Crippen LogP contribution in [0.2, 0.25) is 0 Å². The molecule has 0 aromatic heterocycles. The lowest BCUT2D eigenvalue weighted by Gasteiger charge is -2.35. The molecule has 1 aromatic carbocycles. The highest BCUT2D eigenvalue weighted by atomic mass is 16.5. The Balaban J connectivity index is 1.90. The summed E-state index contributed by atoms with van der Waals surface area (Å²) in [5.74, 6) is 0.785. The number of hydrogen-bond donors (Lipinski definition) is 1. The summed E-state index contributed by atoms with van der Waals surface area (Å²) in [5.41, 5.74) is 1.45. The van der Waals surface area contributed by atoms with Gasteiger partial charge in [0.05, 0.1) is 5.60 Å². The first-order chi connectivity index (χ1) is 9.39. The van der Waals surface area contributed by atoms with Crippen molar-refractivity contribution in [3.8, 4) is 5.75 Å². The van der Waals surface area contributed by atoms with E-state index in [0.29, 0.717) is 25.9 Å². The highest BCUT2D eigenvalue weighted by Crippen LogP contribution is 2.23. The van der Waals surface area contributed by atoms with E-state index >= 15 is 0 Å². The van der Waals surface area contributed by atoms with Gasteiger partial charge in [-0.05, 0) is 44.7 Å². The van der Waals surface area contributed by atoms with Gasteiger partial charge in [-0.2, -0.15) is 0 Å². The zero-order chi connectivity index (χ0) is 14.8. The van der Waals surface area contributed by atoms with Gasteiger partial charge in [0.15, 0.2) is 6.61 Å². The lowest BCUT2D eigenvalue weighted by molar-refractivity contribution is -0.137. The van der Waals surface area contributed by atoms with E-state index in [0.717, 1.165) is 16.9 Å². The lowest BCUT2D eigenvalue weighted by atomic mass is 9.94. The Morgan fingerprint density at radius 1 is 1.30 bits per heavy atom. The van der Waals surface area contributed by atoms with Crippen molar-refractivity contribution in [3.63, 3.8) is 0 Å². The molecule has 1 heterocycles. The maximum atomic E-state index is 12.1. The minimum atomic E-state index is -0.635. The van der Waals surface area contributed by atoms with Gasteiger partial charge >= 0.3 is 0 Å². The monoisotopic (exact) mass is 277 g/mol. The van der Waals surface area contributed by atoms with Crippen LogP contribution in [0.4, 0.5) is 0 Å². The summed E-state index contributed by atoms with van der Waals surface area (Å²) in [6.07, 6.45) is 1.25. The van der Waals surface area contributed by atoms with Crippen molar-refractivity contribution in [1.29, 1.82) is 0 Å². The molecule has 1 saturated heterocycles. The molecular formula is C16H23NO3. The number of carbonyl (C=O) groups excluding carboxylic acids is 1. The van der Waals surface area contributed by atoms with E-state index in [1.54, 1.807) is 4.90 Å². The topological polar surface area (TPSA) is 49.8 Å². The fourth-order valence-electron chi connectivity index (χ4n) is 2.49. The van der Waals surface area contributed by atoms with Crippen molar-refractivity contribution in [3.05, 3.63) is 29.3 Å². The molecule has 0 atom stereocenters. The van der Waals surface area contributed by atoms with Gasteiger partial charge in [0.2, 0.25) is 0 Å². The van der Waals surface area contributed by atoms with Gasteiger partial charge in [0.25, 0.3) is 5.91 Å². The Bertz CT molecular complexity index is 466. The standard InChI is InChI=1S/C16H23NO3/c1-12-5-4-6-13(2)15(12)20-11-14(18)17-9-7-16(3,19)8-10-17/h4-6,19H,7-11H2,1-3H3. The van der Waals surface area contributed by atoms with Gasteiger partial charge in [-0.1, -0.05) is 18.2 Å². The molecule has 1 amide bonds. The molecule has 110 valence electrons. The Hall–Kier alpha value is -1.55. The largest absolute Gasteiger partial charge is 0.483 e. The molecule has 20 heavy (non-hydrogen) atoms. The summed E-state index contributed by atoms with van der Waals surface area (Å²) in [6, 6.07) is 5.93. The molecule has 0 spiro atoms. The van der Waals surface area contributed by atoms with Crippen molar-refractivity contribution in [2.24, 2.45) is 0 Å². The van der Waals surface area contributed by atoms with Crippen LogP contribution >= 0.6 is 0 Å². The predicted octanol–water partition coefficient (Wildman–Crippen LogP) is 2.06. The smallest absolute Gasteiger partial charge is 0.260 e. The zero-order valence-corrected chi connectivity index (χ0v) is 12.5. The number of likely N-dealkylation sites (tertiary alicyclic amines) is 1. The maximum absolute atomic E-state index is 12.1. The van der Waals surface area contributed by atoms with Crippen LogP contribution in [0, 0.1) is 13.8 Å². The van der Waals surface area contributed by atoms with Crippen LogP contribution in [-0.2, 0) is 4.79 Å². The molecule has 1 aliphatic rings. The minimum absolute atomic E-state index is 0.0110. The second-order valence-electron chi connectivity index (χ2n) is 5.89. The number of aryl methyl sites for hydroxylation is 2.